The molecular formula is C12H19IO2Si. The number of alkyl halides is 1. The molecule has 90 valence electrons. The lowest BCUT2D eigenvalue weighted by molar-refractivity contribution is 0.247. The molecule has 1 unspecified atom stereocenters. The topological polar surface area (TPSA) is 18.5 Å². The molecule has 0 radical (unpaired) electrons. The predicted molar refractivity (Wildman–Crippen MR) is 78.5 cm³/mol. The van der Waals surface area contributed by atoms with Crippen LogP contribution in [0.4, 0.5) is 0 Å². The van der Waals surface area contributed by atoms with E-state index in [0.29, 0.717) is 5.92 Å². The van der Waals surface area contributed by atoms with E-state index in [0.717, 1.165) is 10.5 Å². The first kappa shape index (κ1) is 14.1. The van der Waals surface area contributed by atoms with Crippen molar-refractivity contribution in [2.24, 2.45) is 0 Å². The standard InChI is InChI=1S/C12H19IO2Si/c1-14-16(3,15-2)10-12(9-13)11-7-5-4-6-8-11/h4-8,12H,9-10H2,1-3H3. The molecule has 0 aliphatic heterocycles. The summed E-state index contributed by atoms with van der Waals surface area (Å²) in [5.74, 6) is 0.526. The Morgan fingerprint density at radius 2 is 1.75 bits per heavy atom. The van der Waals surface area contributed by atoms with Gasteiger partial charge in [-0.15, -0.1) is 0 Å². The molecule has 16 heavy (non-hydrogen) atoms. The van der Waals surface area contributed by atoms with E-state index in [1.165, 1.54) is 5.56 Å². The molecule has 0 aromatic heterocycles. The number of rotatable bonds is 6. The van der Waals surface area contributed by atoms with Gasteiger partial charge in [0, 0.05) is 18.6 Å². The molecule has 0 amide bonds. The van der Waals surface area contributed by atoms with Crippen LogP contribution < -0.4 is 0 Å². The molecule has 2 nitrogen and oxygen atoms in total. The third-order valence-electron chi connectivity index (χ3n) is 2.94. The van der Waals surface area contributed by atoms with Crippen LogP contribution in [0.3, 0.4) is 0 Å². The molecule has 1 rings (SSSR count). The van der Waals surface area contributed by atoms with Gasteiger partial charge in [0.1, 0.15) is 0 Å². The minimum atomic E-state index is -1.97. The van der Waals surface area contributed by atoms with Gasteiger partial charge in [-0.1, -0.05) is 52.9 Å². The van der Waals surface area contributed by atoms with Gasteiger partial charge in [-0.3, -0.25) is 0 Å². The minimum Gasteiger partial charge on any atom is -0.398 e. The molecule has 0 fully saturated rings. The maximum Gasteiger partial charge on any atom is 0.335 e. The number of hydrogen-bond donors (Lipinski definition) is 0. The zero-order chi connectivity index (χ0) is 12.0. The Kier molecular flexibility index (Phi) is 5.95. The highest BCUT2D eigenvalue weighted by Gasteiger charge is 2.32. The van der Waals surface area contributed by atoms with Crippen molar-refractivity contribution in [1.82, 2.24) is 0 Å². The van der Waals surface area contributed by atoms with Crippen LogP contribution >= 0.6 is 22.6 Å². The summed E-state index contributed by atoms with van der Waals surface area (Å²) >= 11 is 2.44. The fourth-order valence-electron chi connectivity index (χ4n) is 1.68. The molecule has 0 N–H and O–H groups in total. The Bertz CT molecular complexity index is 301. The largest absolute Gasteiger partial charge is 0.398 e. The maximum atomic E-state index is 5.55. The summed E-state index contributed by atoms with van der Waals surface area (Å²) in [5, 5.41) is 0. The van der Waals surface area contributed by atoms with Gasteiger partial charge in [0.25, 0.3) is 0 Å². The lowest BCUT2D eigenvalue weighted by atomic mass is 10.0. The van der Waals surface area contributed by atoms with Gasteiger partial charge in [-0.05, 0) is 24.1 Å². The number of hydrogen-bond acceptors (Lipinski definition) is 2. The van der Waals surface area contributed by atoms with Crippen LogP contribution in [0.1, 0.15) is 11.5 Å². The molecule has 0 bridgehead atoms. The van der Waals surface area contributed by atoms with Gasteiger partial charge in [0.15, 0.2) is 0 Å². The second-order valence-electron chi connectivity index (χ2n) is 4.01. The molecule has 0 spiro atoms. The van der Waals surface area contributed by atoms with Gasteiger partial charge < -0.3 is 8.85 Å². The first-order chi connectivity index (χ1) is 7.65. The van der Waals surface area contributed by atoms with Gasteiger partial charge in [0.05, 0.1) is 0 Å². The summed E-state index contributed by atoms with van der Waals surface area (Å²) < 4.78 is 12.2. The third kappa shape index (κ3) is 3.83. The molecule has 1 aromatic rings. The second-order valence-corrected chi connectivity index (χ2v) is 8.38. The van der Waals surface area contributed by atoms with Crippen molar-refractivity contribution in [2.45, 2.75) is 18.5 Å². The van der Waals surface area contributed by atoms with E-state index in [4.69, 9.17) is 8.85 Å². The summed E-state index contributed by atoms with van der Waals surface area (Å²) in [6, 6.07) is 11.6. The monoisotopic (exact) mass is 350 g/mol. The summed E-state index contributed by atoms with van der Waals surface area (Å²) in [7, 11) is 1.54. The first-order valence-electron chi connectivity index (χ1n) is 5.36. The van der Waals surface area contributed by atoms with Crippen LogP contribution in [0.5, 0.6) is 0 Å². The fraction of sp³-hybridized carbons (Fsp3) is 0.500. The van der Waals surface area contributed by atoms with Gasteiger partial charge in [-0.25, -0.2) is 0 Å². The SMILES string of the molecule is CO[Si](C)(CC(CI)c1ccccc1)OC. The lowest BCUT2D eigenvalue weighted by Gasteiger charge is -2.27. The van der Waals surface area contributed by atoms with Crippen LogP contribution in [0.2, 0.25) is 12.6 Å². The average molecular weight is 350 g/mol. The summed E-state index contributed by atoms with van der Waals surface area (Å²) in [4.78, 5) is 0. The Hall–Kier alpha value is 0.0869. The summed E-state index contributed by atoms with van der Waals surface area (Å²) in [5.41, 5.74) is 1.38. The van der Waals surface area contributed by atoms with Gasteiger partial charge >= 0.3 is 8.56 Å². The highest BCUT2D eigenvalue weighted by atomic mass is 127. The van der Waals surface area contributed by atoms with E-state index in [9.17, 15) is 0 Å². The minimum absolute atomic E-state index is 0.526. The molecule has 0 heterocycles. The Morgan fingerprint density at radius 1 is 1.19 bits per heavy atom. The maximum absolute atomic E-state index is 5.55. The number of halogens is 1. The molecule has 0 aliphatic rings. The van der Waals surface area contributed by atoms with Crippen LogP contribution in [0, 0.1) is 0 Å². The summed E-state index contributed by atoms with van der Waals surface area (Å²) in [6.07, 6.45) is 0. The smallest absolute Gasteiger partial charge is 0.335 e. The first-order valence-corrected chi connectivity index (χ1v) is 9.41. The fourth-order valence-corrected chi connectivity index (χ4v) is 4.87. The van der Waals surface area contributed by atoms with Crippen molar-refractivity contribution in [3.63, 3.8) is 0 Å². The molecule has 1 aromatic carbocycles. The van der Waals surface area contributed by atoms with Crippen LogP contribution in [0.15, 0.2) is 30.3 Å². The van der Waals surface area contributed by atoms with E-state index >= 15 is 0 Å². The van der Waals surface area contributed by atoms with E-state index in [1.54, 1.807) is 14.2 Å². The molecule has 0 saturated heterocycles. The van der Waals surface area contributed by atoms with Crippen LogP contribution in [-0.2, 0) is 8.85 Å². The highest BCUT2D eigenvalue weighted by molar-refractivity contribution is 14.1. The zero-order valence-electron chi connectivity index (χ0n) is 10.1. The summed E-state index contributed by atoms with van der Waals surface area (Å²) in [6.45, 7) is 2.12. The molecule has 0 aliphatic carbocycles. The average Bonchev–Trinajstić information content (AvgIpc) is 2.36. The quantitative estimate of drug-likeness (QED) is 0.444. The second kappa shape index (κ2) is 6.73. The Morgan fingerprint density at radius 3 is 2.19 bits per heavy atom. The van der Waals surface area contributed by atoms with E-state index in [1.807, 2.05) is 0 Å². The lowest BCUT2D eigenvalue weighted by Crippen LogP contribution is -2.38. The van der Waals surface area contributed by atoms with Gasteiger partial charge in [0.2, 0.25) is 0 Å². The predicted octanol–water partition coefficient (Wildman–Crippen LogP) is 3.57. The van der Waals surface area contributed by atoms with E-state index < -0.39 is 8.56 Å². The van der Waals surface area contributed by atoms with Crippen LogP contribution in [0.25, 0.3) is 0 Å². The van der Waals surface area contributed by atoms with Crippen LogP contribution in [-0.4, -0.2) is 27.2 Å². The third-order valence-corrected chi connectivity index (χ3v) is 6.96. The Labute approximate surface area is 113 Å². The van der Waals surface area contributed by atoms with E-state index in [2.05, 4.69) is 59.5 Å². The molecule has 1 atom stereocenters. The van der Waals surface area contributed by atoms with Crippen molar-refractivity contribution in [1.29, 1.82) is 0 Å². The van der Waals surface area contributed by atoms with Crippen molar-refractivity contribution in [2.75, 3.05) is 18.6 Å². The molecular weight excluding hydrogens is 331 g/mol. The zero-order valence-corrected chi connectivity index (χ0v) is 13.2. The van der Waals surface area contributed by atoms with Crippen molar-refractivity contribution >= 4 is 31.2 Å². The highest BCUT2D eigenvalue weighted by Crippen LogP contribution is 2.28. The van der Waals surface area contributed by atoms with E-state index in [-0.39, 0.29) is 0 Å². The Balaban J connectivity index is 2.77. The van der Waals surface area contributed by atoms with Crippen molar-refractivity contribution in [3.05, 3.63) is 35.9 Å². The number of benzene rings is 1. The van der Waals surface area contributed by atoms with Gasteiger partial charge in [-0.2, -0.15) is 0 Å². The molecule has 4 heteroatoms. The normalized spacial score (nSPS) is 13.8. The molecule has 0 saturated carbocycles. The van der Waals surface area contributed by atoms with Crippen molar-refractivity contribution in [3.8, 4) is 0 Å². The van der Waals surface area contributed by atoms with Crippen molar-refractivity contribution < 1.29 is 8.85 Å².